The summed E-state index contributed by atoms with van der Waals surface area (Å²) in [4.78, 5) is 34.6. The summed E-state index contributed by atoms with van der Waals surface area (Å²) in [5, 5.41) is 20.8. The van der Waals surface area contributed by atoms with Crippen molar-refractivity contribution in [1.29, 1.82) is 0 Å². The number of rotatable bonds is 6. The summed E-state index contributed by atoms with van der Waals surface area (Å²) in [6, 6.07) is 7.02. The van der Waals surface area contributed by atoms with Gasteiger partial charge < -0.3 is 20.3 Å². The van der Waals surface area contributed by atoms with Crippen LogP contribution in [0.2, 0.25) is 0 Å². The lowest BCUT2D eigenvalue weighted by Gasteiger charge is -2.25. The topological polar surface area (TPSA) is 113 Å². The third kappa shape index (κ3) is 6.37. The fourth-order valence-corrected chi connectivity index (χ4v) is 1.98. The fraction of sp³-hybridized carbons (Fsp3) is 0.438. The van der Waals surface area contributed by atoms with E-state index in [1.54, 1.807) is 51.1 Å². The van der Waals surface area contributed by atoms with Crippen molar-refractivity contribution in [2.45, 2.75) is 38.8 Å². The van der Waals surface area contributed by atoms with Crippen LogP contribution in [0.25, 0.3) is 0 Å². The van der Waals surface area contributed by atoms with Crippen LogP contribution in [0.4, 0.5) is 4.79 Å². The highest BCUT2D eigenvalue weighted by Gasteiger charge is 2.36. The van der Waals surface area contributed by atoms with Gasteiger partial charge in [0.15, 0.2) is 0 Å². The van der Waals surface area contributed by atoms with Gasteiger partial charge in [-0.25, -0.2) is 9.59 Å². The molecule has 3 N–H and O–H groups in total. The Balaban J connectivity index is 2.92. The molecule has 7 nitrogen and oxygen atoms in total. The molecule has 0 aliphatic rings. The van der Waals surface area contributed by atoms with Gasteiger partial charge in [0.25, 0.3) is 0 Å². The van der Waals surface area contributed by atoms with Crippen molar-refractivity contribution in [1.82, 2.24) is 5.32 Å². The van der Waals surface area contributed by atoms with E-state index in [2.05, 4.69) is 5.32 Å². The molecule has 0 bridgehead atoms. The van der Waals surface area contributed by atoms with E-state index in [9.17, 15) is 24.6 Å². The second-order valence-corrected chi connectivity index (χ2v) is 6.10. The maximum atomic E-state index is 11.8. The van der Waals surface area contributed by atoms with Crippen LogP contribution in [0.3, 0.4) is 0 Å². The number of hydrogen-bond acceptors (Lipinski definition) is 4. The van der Waals surface area contributed by atoms with E-state index in [1.807, 2.05) is 0 Å². The Morgan fingerprint density at radius 3 is 2.09 bits per heavy atom. The van der Waals surface area contributed by atoms with Crippen LogP contribution in [0.1, 0.15) is 26.3 Å². The van der Waals surface area contributed by atoms with E-state index < -0.39 is 35.6 Å². The maximum absolute atomic E-state index is 11.8. The first-order valence-electron chi connectivity index (χ1n) is 7.09. The Hall–Kier alpha value is -2.57. The second-order valence-electron chi connectivity index (χ2n) is 6.10. The third-order valence-corrected chi connectivity index (χ3v) is 2.96. The van der Waals surface area contributed by atoms with Gasteiger partial charge in [-0.2, -0.15) is 0 Å². The van der Waals surface area contributed by atoms with Crippen LogP contribution < -0.4 is 5.32 Å². The van der Waals surface area contributed by atoms with Gasteiger partial charge in [0.05, 0.1) is 5.92 Å². The molecule has 0 aliphatic carbocycles. The van der Waals surface area contributed by atoms with Gasteiger partial charge >= 0.3 is 18.0 Å². The van der Waals surface area contributed by atoms with Crippen molar-refractivity contribution in [3.63, 3.8) is 0 Å². The van der Waals surface area contributed by atoms with Crippen molar-refractivity contribution in [3.05, 3.63) is 35.9 Å². The zero-order valence-corrected chi connectivity index (χ0v) is 13.3. The lowest BCUT2D eigenvalue weighted by Crippen LogP contribution is -2.50. The molecule has 23 heavy (non-hydrogen) atoms. The Morgan fingerprint density at radius 1 is 1.09 bits per heavy atom. The van der Waals surface area contributed by atoms with Crippen LogP contribution in [-0.2, 0) is 20.7 Å². The number of carbonyl (C=O) groups is 3. The normalized spacial score (nSPS) is 13.7. The second kappa shape index (κ2) is 7.62. The number of amides is 1. The minimum absolute atomic E-state index is 0.0249. The van der Waals surface area contributed by atoms with Crippen molar-refractivity contribution in [2.24, 2.45) is 5.92 Å². The van der Waals surface area contributed by atoms with Crippen LogP contribution in [0.5, 0.6) is 0 Å². The number of nitrogens with one attached hydrogen (secondary N) is 1. The number of carboxylic acids is 2. The third-order valence-electron chi connectivity index (χ3n) is 2.96. The standard InChI is InChI=1S/C16H21NO6/c1-16(2,3)23-15(22)17-12(14(20)21)11(13(18)19)9-10-7-5-4-6-8-10/h4-8,11-12H,9H2,1-3H3,(H,17,22)(H,18,19)(H,20,21)/t11?,12-/m1/s1. The molecule has 1 aromatic rings. The fourth-order valence-electron chi connectivity index (χ4n) is 1.98. The minimum Gasteiger partial charge on any atom is -0.481 e. The summed E-state index contributed by atoms with van der Waals surface area (Å²) < 4.78 is 4.99. The van der Waals surface area contributed by atoms with E-state index in [-0.39, 0.29) is 6.42 Å². The molecule has 0 aromatic heterocycles. The van der Waals surface area contributed by atoms with Gasteiger partial charge in [-0.1, -0.05) is 30.3 Å². The molecular weight excluding hydrogens is 302 g/mol. The summed E-state index contributed by atoms with van der Waals surface area (Å²) in [5.74, 6) is -4.06. The highest BCUT2D eigenvalue weighted by molar-refractivity contribution is 5.86. The molecule has 1 aromatic carbocycles. The Bertz CT molecular complexity index is 564. The van der Waals surface area contributed by atoms with Crippen LogP contribution in [-0.4, -0.2) is 39.9 Å². The average molecular weight is 323 g/mol. The molecule has 1 rings (SSSR count). The molecule has 0 aliphatic heterocycles. The SMILES string of the molecule is CC(C)(C)OC(=O)N[C@@H](C(=O)O)C(Cc1ccccc1)C(=O)O. The van der Waals surface area contributed by atoms with Gasteiger partial charge in [0.1, 0.15) is 11.6 Å². The first-order valence-corrected chi connectivity index (χ1v) is 7.09. The van der Waals surface area contributed by atoms with Gasteiger partial charge in [0.2, 0.25) is 0 Å². The van der Waals surface area contributed by atoms with E-state index in [0.29, 0.717) is 5.56 Å². The number of alkyl carbamates (subject to hydrolysis) is 1. The molecule has 7 heteroatoms. The molecule has 0 fully saturated rings. The zero-order chi connectivity index (χ0) is 17.6. The van der Waals surface area contributed by atoms with Gasteiger partial charge in [-0.15, -0.1) is 0 Å². The quantitative estimate of drug-likeness (QED) is 0.737. The lowest BCUT2D eigenvalue weighted by molar-refractivity contribution is -0.150. The van der Waals surface area contributed by atoms with Crippen molar-refractivity contribution < 1.29 is 29.3 Å². The Morgan fingerprint density at radius 2 is 1.65 bits per heavy atom. The average Bonchev–Trinajstić information content (AvgIpc) is 2.41. The molecule has 0 saturated carbocycles. The number of carboxylic acid groups (broad SMARTS) is 2. The number of ether oxygens (including phenoxy) is 1. The van der Waals surface area contributed by atoms with E-state index in [0.717, 1.165) is 0 Å². The van der Waals surface area contributed by atoms with Crippen molar-refractivity contribution in [3.8, 4) is 0 Å². The van der Waals surface area contributed by atoms with E-state index in [1.165, 1.54) is 0 Å². The summed E-state index contributed by atoms with van der Waals surface area (Å²) in [5.41, 5.74) is -0.150. The molecule has 1 amide bonds. The summed E-state index contributed by atoms with van der Waals surface area (Å²) in [7, 11) is 0. The zero-order valence-electron chi connectivity index (χ0n) is 13.3. The smallest absolute Gasteiger partial charge is 0.408 e. The molecular formula is C16H21NO6. The maximum Gasteiger partial charge on any atom is 0.408 e. The molecule has 1 unspecified atom stereocenters. The Kier molecular flexibility index (Phi) is 6.12. The predicted octanol–water partition coefficient (Wildman–Crippen LogP) is 1.91. The molecule has 0 spiro atoms. The first kappa shape index (κ1) is 18.5. The molecule has 0 heterocycles. The summed E-state index contributed by atoms with van der Waals surface area (Å²) in [6.07, 6.45) is -0.993. The monoisotopic (exact) mass is 323 g/mol. The highest BCUT2D eigenvalue weighted by Crippen LogP contribution is 2.15. The molecule has 0 radical (unpaired) electrons. The Labute approximate surface area is 134 Å². The van der Waals surface area contributed by atoms with Crippen molar-refractivity contribution >= 4 is 18.0 Å². The lowest BCUT2D eigenvalue weighted by atomic mass is 9.92. The number of hydrogen-bond donors (Lipinski definition) is 3. The predicted molar refractivity (Wildman–Crippen MR) is 82.1 cm³/mol. The summed E-state index contributed by atoms with van der Waals surface area (Å²) in [6.45, 7) is 4.88. The van der Waals surface area contributed by atoms with Crippen molar-refractivity contribution in [2.75, 3.05) is 0 Å². The molecule has 126 valence electrons. The van der Waals surface area contributed by atoms with Crippen LogP contribution >= 0.6 is 0 Å². The highest BCUT2D eigenvalue weighted by atomic mass is 16.6. The summed E-state index contributed by atoms with van der Waals surface area (Å²) >= 11 is 0. The minimum atomic E-state index is -1.59. The van der Waals surface area contributed by atoms with Crippen LogP contribution in [0, 0.1) is 5.92 Å². The van der Waals surface area contributed by atoms with Gasteiger partial charge in [-0.05, 0) is 32.8 Å². The largest absolute Gasteiger partial charge is 0.481 e. The molecule has 2 atom stereocenters. The van der Waals surface area contributed by atoms with Gasteiger partial charge in [-0.3, -0.25) is 4.79 Å². The first-order chi connectivity index (χ1) is 10.6. The van der Waals surface area contributed by atoms with Gasteiger partial charge in [0, 0.05) is 0 Å². The van der Waals surface area contributed by atoms with E-state index >= 15 is 0 Å². The van der Waals surface area contributed by atoms with E-state index in [4.69, 9.17) is 4.74 Å². The number of benzene rings is 1. The van der Waals surface area contributed by atoms with Crippen LogP contribution in [0.15, 0.2) is 30.3 Å². The number of carbonyl (C=O) groups excluding carboxylic acids is 1. The molecule has 0 saturated heterocycles. The number of aliphatic carboxylic acids is 2.